The van der Waals surface area contributed by atoms with Gasteiger partial charge in [-0.05, 0) is 56.5 Å². The summed E-state index contributed by atoms with van der Waals surface area (Å²) in [5.74, 6) is -0.227. The Hall–Kier alpha value is -1.92. The summed E-state index contributed by atoms with van der Waals surface area (Å²) < 4.78 is 27.6. The summed E-state index contributed by atoms with van der Waals surface area (Å²) in [6.07, 6.45) is 1.24. The first-order valence-electron chi connectivity index (χ1n) is 8.51. The number of sulfonamides is 1. The van der Waals surface area contributed by atoms with E-state index in [0.29, 0.717) is 19.4 Å². The van der Waals surface area contributed by atoms with Crippen LogP contribution in [-0.2, 0) is 14.8 Å². The summed E-state index contributed by atoms with van der Waals surface area (Å²) in [4.78, 5) is 12.8. The number of carbonyl (C=O) groups is 1. The monoisotopic (exact) mass is 360 g/mol. The van der Waals surface area contributed by atoms with Crippen molar-refractivity contribution in [3.63, 3.8) is 0 Å². The van der Waals surface area contributed by atoms with E-state index in [9.17, 15) is 13.2 Å². The van der Waals surface area contributed by atoms with Gasteiger partial charge in [-0.2, -0.15) is 4.31 Å². The second-order valence-electron chi connectivity index (χ2n) is 7.52. The number of hydrogen-bond donors (Lipinski definition) is 1. The maximum Gasteiger partial charge on any atom is 0.243 e. The first-order chi connectivity index (χ1) is 11.7. The molecule has 0 aromatic heterocycles. The van der Waals surface area contributed by atoms with Crippen LogP contribution in [0.1, 0.15) is 33.6 Å². The highest BCUT2D eigenvalue weighted by atomic mass is 32.2. The molecule has 1 amide bonds. The molecule has 3 rings (SSSR count). The smallest absolute Gasteiger partial charge is 0.243 e. The number of nitrogens with zero attached hydrogens (tertiary/aromatic N) is 1. The number of carbonyl (C=O) groups excluding carboxylic acids is 1. The highest BCUT2D eigenvalue weighted by Gasteiger charge is 2.40. The lowest BCUT2D eigenvalue weighted by Gasteiger charge is -2.27. The zero-order valence-corrected chi connectivity index (χ0v) is 15.6. The summed E-state index contributed by atoms with van der Waals surface area (Å²) in [6.45, 7) is 6.05. The maximum absolute atomic E-state index is 13.1. The normalized spacial score (nSPS) is 19.2. The minimum absolute atomic E-state index is 0.227. The van der Waals surface area contributed by atoms with Crippen LogP contribution in [-0.4, -0.2) is 36.8 Å². The third-order valence-electron chi connectivity index (χ3n) is 4.33. The minimum Gasteiger partial charge on any atom is -0.350 e. The molecule has 0 unspecified atom stereocenters. The van der Waals surface area contributed by atoms with E-state index in [1.54, 1.807) is 12.1 Å². The SMILES string of the molecule is CC(C)(C)NC(=O)[C@H]1CCCN1S(=O)(=O)c1ccc2ccccc2c1. The van der Waals surface area contributed by atoms with Crippen molar-refractivity contribution in [1.29, 1.82) is 0 Å². The van der Waals surface area contributed by atoms with Crippen LogP contribution < -0.4 is 5.32 Å². The van der Waals surface area contributed by atoms with E-state index in [1.165, 1.54) is 4.31 Å². The number of amides is 1. The Morgan fingerprint density at radius 3 is 2.48 bits per heavy atom. The molecular formula is C19H24N2O3S. The van der Waals surface area contributed by atoms with E-state index < -0.39 is 21.6 Å². The van der Waals surface area contributed by atoms with E-state index in [0.717, 1.165) is 10.8 Å². The van der Waals surface area contributed by atoms with Crippen molar-refractivity contribution >= 4 is 26.7 Å². The Bertz CT molecular complexity index is 900. The first-order valence-corrected chi connectivity index (χ1v) is 9.95. The van der Waals surface area contributed by atoms with Gasteiger partial charge in [0.05, 0.1) is 4.90 Å². The predicted molar refractivity (Wildman–Crippen MR) is 98.8 cm³/mol. The fourth-order valence-corrected chi connectivity index (χ4v) is 4.90. The lowest BCUT2D eigenvalue weighted by Crippen LogP contribution is -2.51. The molecule has 25 heavy (non-hydrogen) atoms. The van der Waals surface area contributed by atoms with Crippen molar-refractivity contribution in [2.75, 3.05) is 6.54 Å². The molecule has 1 fully saturated rings. The lowest BCUT2D eigenvalue weighted by atomic mass is 10.1. The Kier molecular flexibility index (Phi) is 4.60. The van der Waals surface area contributed by atoms with Crippen molar-refractivity contribution in [2.45, 2.75) is 50.1 Å². The predicted octanol–water partition coefficient (Wildman–Crippen LogP) is 2.91. The molecule has 1 atom stereocenters. The average Bonchev–Trinajstić information content (AvgIpc) is 3.03. The number of rotatable bonds is 3. The topological polar surface area (TPSA) is 66.5 Å². The molecule has 0 radical (unpaired) electrons. The third-order valence-corrected chi connectivity index (χ3v) is 6.24. The molecule has 1 aliphatic rings. The van der Waals surface area contributed by atoms with Crippen LogP contribution in [0.25, 0.3) is 10.8 Å². The summed E-state index contributed by atoms with van der Waals surface area (Å²) in [7, 11) is -3.71. The van der Waals surface area contributed by atoms with Crippen LogP contribution in [0.4, 0.5) is 0 Å². The minimum atomic E-state index is -3.71. The molecule has 2 aromatic carbocycles. The first kappa shape index (κ1) is 17.9. The average molecular weight is 360 g/mol. The largest absolute Gasteiger partial charge is 0.350 e. The molecule has 0 bridgehead atoms. The van der Waals surface area contributed by atoms with Gasteiger partial charge in [-0.25, -0.2) is 8.42 Å². The van der Waals surface area contributed by atoms with Crippen LogP contribution >= 0.6 is 0 Å². The number of nitrogens with one attached hydrogen (secondary N) is 1. The van der Waals surface area contributed by atoms with Crippen molar-refractivity contribution in [1.82, 2.24) is 9.62 Å². The van der Waals surface area contributed by atoms with Crippen molar-refractivity contribution in [3.05, 3.63) is 42.5 Å². The van der Waals surface area contributed by atoms with Crippen LogP contribution in [0.3, 0.4) is 0 Å². The van der Waals surface area contributed by atoms with Crippen LogP contribution in [0.2, 0.25) is 0 Å². The molecule has 1 saturated heterocycles. The quantitative estimate of drug-likeness (QED) is 0.915. The van der Waals surface area contributed by atoms with Gasteiger partial charge in [0.15, 0.2) is 0 Å². The molecule has 1 N–H and O–H groups in total. The molecule has 6 heteroatoms. The Balaban J connectivity index is 1.93. The molecule has 5 nitrogen and oxygen atoms in total. The Morgan fingerprint density at radius 2 is 1.80 bits per heavy atom. The van der Waals surface area contributed by atoms with Crippen LogP contribution in [0.15, 0.2) is 47.4 Å². The summed E-state index contributed by atoms with van der Waals surface area (Å²) >= 11 is 0. The van der Waals surface area contributed by atoms with Crippen LogP contribution in [0, 0.1) is 0 Å². The number of fused-ring (bicyclic) bond motifs is 1. The zero-order valence-electron chi connectivity index (χ0n) is 14.8. The van der Waals surface area contributed by atoms with Gasteiger partial charge in [0, 0.05) is 12.1 Å². The molecule has 2 aromatic rings. The van der Waals surface area contributed by atoms with Gasteiger partial charge in [0.25, 0.3) is 0 Å². The molecule has 134 valence electrons. The van der Waals surface area contributed by atoms with E-state index >= 15 is 0 Å². The fourth-order valence-electron chi connectivity index (χ4n) is 3.21. The Morgan fingerprint density at radius 1 is 1.12 bits per heavy atom. The lowest BCUT2D eigenvalue weighted by molar-refractivity contribution is -0.125. The van der Waals surface area contributed by atoms with Crippen molar-refractivity contribution < 1.29 is 13.2 Å². The van der Waals surface area contributed by atoms with Gasteiger partial charge in [-0.3, -0.25) is 4.79 Å². The van der Waals surface area contributed by atoms with Gasteiger partial charge in [-0.1, -0.05) is 30.3 Å². The Labute approximate surface area is 149 Å². The zero-order chi connectivity index (χ0) is 18.2. The summed E-state index contributed by atoms with van der Waals surface area (Å²) in [5, 5.41) is 4.76. The molecule has 1 aliphatic heterocycles. The summed E-state index contributed by atoms with van der Waals surface area (Å²) in [5.41, 5.74) is -0.391. The van der Waals surface area contributed by atoms with E-state index in [1.807, 2.05) is 51.1 Å². The van der Waals surface area contributed by atoms with Gasteiger partial charge < -0.3 is 5.32 Å². The second kappa shape index (κ2) is 6.42. The van der Waals surface area contributed by atoms with Crippen molar-refractivity contribution in [2.24, 2.45) is 0 Å². The number of benzene rings is 2. The van der Waals surface area contributed by atoms with Gasteiger partial charge >= 0.3 is 0 Å². The van der Waals surface area contributed by atoms with E-state index in [-0.39, 0.29) is 10.8 Å². The maximum atomic E-state index is 13.1. The van der Waals surface area contributed by atoms with Gasteiger partial charge in [0.2, 0.25) is 15.9 Å². The van der Waals surface area contributed by atoms with Gasteiger partial charge in [-0.15, -0.1) is 0 Å². The third kappa shape index (κ3) is 3.70. The molecule has 0 spiro atoms. The number of hydrogen-bond acceptors (Lipinski definition) is 3. The van der Waals surface area contributed by atoms with E-state index in [4.69, 9.17) is 0 Å². The van der Waals surface area contributed by atoms with Crippen LogP contribution in [0.5, 0.6) is 0 Å². The molecule has 0 aliphatic carbocycles. The van der Waals surface area contributed by atoms with Crippen molar-refractivity contribution in [3.8, 4) is 0 Å². The highest BCUT2D eigenvalue weighted by molar-refractivity contribution is 7.89. The second-order valence-corrected chi connectivity index (χ2v) is 9.41. The fraction of sp³-hybridized carbons (Fsp3) is 0.421. The molecule has 1 heterocycles. The van der Waals surface area contributed by atoms with Gasteiger partial charge in [0.1, 0.15) is 6.04 Å². The summed E-state index contributed by atoms with van der Waals surface area (Å²) in [6, 6.07) is 12.1. The standard InChI is InChI=1S/C19H24N2O3S/c1-19(2,3)20-18(22)17-9-6-12-21(17)25(23,24)16-11-10-14-7-4-5-8-15(14)13-16/h4-5,7-8,10-11,13,17H,6,9,12H2,1-3H3,(H,20,22)/t17-/m1/s1. The van der Waals surface area contributed by atoms with E-state index in [2.05, 4.69) is 5.32 Å². The highest BCUT2D eigenvalue weighted by Crippen LogP contribution is 2.28. The molecular weight excluding hydrogens is 336 g/mol. The molecule has 0 saturated carbocycles.